The molecular formula is C11H12N2O. The molecule has 2 aromatic rings. The van der Waals surface area contributed by atoms with Gasteiger partial charge in [-0.1, -0.05) is 0 Å². The Bertz CT molecular complexity index is 417. The van der Waals surface area contributed by atoms with Gasteiger partial charge in [0.15, 0.2) is 0 Å². The van der Waals surface area contributed by atoms with Gasteiger partial charge < -0.3 is 15.5 Å². The van der Waals surface area contributed by atoms with Gasteiger partial charge in [0.05, 0.1) is 12.0 Å². The van der Waals surface area contributed by atoms with E-state index in [0.717, 1.165) is 22.8 Å². The molecule has 2 rings (SSSR count). The fourth-order valence-corrected chi connectivity index (χ4v) is 1.24. The van der Waals surface area contributed by atoms with Crippen LogP contribution < -0.4 is 11.1 Å². The number of nitrogen functional groups attached to an aromatic ring is 1. The number of nitrogens with two attached hydrogens (primary N) is 1. The summed E-state index contributed by atoms with van der Waals surface area (Å²) in [5, 5.41) is 3.23. The largest absolute Gasteiger partial charge is 0.467 e. The Hall–Kier alpha value is -1.90. The van der Waals surface area contributed by atoms with E-state index >= 15 is 0 Å². The Morgan fingerprint density at radius 3 is 2.43 bits per heavy atom. The maximum Gasteiger partial charge on any atom is 0.124 e. The molecule has 0 aliphatic rings. The van der Waals surface area contributed by atoms with Crippen molar-refractivity contribution < 1.29 is 4.42 Å². The molecule has 0 fully saturated rings. The van der Waals surface area contributed by atoms with Crippen LogP contribution in [0.25, 0.3) is 0 Å². The average molecular weight is 188 g/mol. The van der Waals surface area contributed by atoms with Gasteiger partial charge in [0, 0.05) is 17.4 Å². The highest BCUT2D eigenvalue weighted by atomic mass is 16.3. The van der Waals surface area contributed by atoms with Gasteiger partial charge in [0.2, 0.25) is 0 Å². The van der Waals surface area contributed by atoms with E-state index in [4.69, 9.17) is 10.2 Å². The first-order chi connectivity index (χ1) is 6.75. The van der Waals surface area contributed by atoms with Gasteiger partial charge in [-0.3, -0.25) is 0 Å². The number of furan rings is 1. The number of benzene rings is 1. The number of hydrogen-bond donors (Lipinski definition) is 2. The first-order valence-electron chi connectivity index (χ1n) is 4.42. The van der Waals surface area contributed by atoms with E-state index in [1.54, 1.807) is 6.26 Å². The Balaban J connectivity index is 2.19. The average Bonchev–Trinajstić information content (AvgIpc) is 2.56. The summed E-state index contributed by atoms with van der Waals surface area (Å²) in [4.78, 5) is 0. The molecule has 14 heavy (non-hydrogen) atoms. The van der Waals surface area contributed by atoms with Crippen LogP contribution in [0, 0.1) is 6.92 Å². The van der Waals surface area contributed by atoms with Crippen LogP contribution in [0.5, 0.6) is 0 Å². The lowest BCUT2D eigenvalue weighted by atomic mass is 10.2. The molecule has 3 heteroatoms. The molecule has 0 bridgehead atoms. The normalized spacial score (nSPS) is 10.1. The highest BCUT2D eigenvalue weighted by molar-refractivity contribution is 5.62. The zero-order chi connectivity index (χ0) is 9.97. The summed E-state index contributed by atoms with van der Waals surface area (Å²) in [6.45, 7) is 1.92. The van der Waals surface area contributed by atoms with Gasteiger partial charge >= 0.3 is 0 Å². The number of hydrogen-bond acceptors (Lipinski definition) is 3. The highest BCUT2D eigenvalue weighted by Crippen LogP contribution is 2.21. The summed E-state index contributed by atoms with van der Waals surface area (Å²) in [5.74, 6) is 0.877. The van der Waals surface area contributed by atoms with Crippen molar-refractivity contribution in [3.63, 3.8) is 0 Å². The van der Waals surface area contributed by atoms with Crippen molar-refractivity contribution in [1.29, 1.82) is 0 Å². The van der Waals surface area contributed by atoms with Gasteiger partial charge in [-0.05, 0) is 31.2 Å². The monoisotopic (exact) mass is 188 g/mol. The molecule has 3 N–H and O–H groups in total. The molecule has 0 aliphatic heterocycles. The summed E-state index contributed by atoms with van der Waals surface area (Å²) >= 11 is 0. The Labute approximate surface area is 82.5 Å². The third-order valence-corrected chi connectivity index (χ3v) is 2.05. The molecule has 1 heterocycles. The standard InChI is InChI=1S/C11H12N2O/c1-8-11(6-7-14-8)13-10-4-2-9(12)3-5-10/h2-7,13H,12H2,1H3. The summed E-state index contributed by atoms with van der Waals surface area (Å²) in [7, 11) is 0. The Morgan fingerprint density at radius 2 is 1.86 bits per heavy atom. The summed E-state index contributed by atoms with van der Waals surface area (Å²) in [6, 6.07) is 9.48. The summed E-state index contributed by atoms with van der Waals surface area (Å²) in [5.41, 5.74) is 8.33. The SMILES string of the molecule is Cc1occc1Nc1ccc(N)cc1. The van der Waals surface area contributed by atoms with Crippen molar-refractivity contribution in [2.45, 2.75) is 6.92 Å². The number of nitrogens with one attached hydrogen (secondary N) is 1. The minimum atomic E-state index is 0.763. The zero-order valence-corrected chi connectivity index (χ0v) is 7.95. The Kier molecular flexibility index (Phi) is 2.14. The van der Waals surface area contributed by atoms with Crippen LogP contribution >= 0.6 is 0 Å². The second-order valence-electron chi connectivity index (χ2n) is 3.14. The Morgan fingerprint density at radius 1 is 1.14 bits per heavy atom. The van der Waals surface area contributed by atoms with E-state index in [-0.39, 0.29) is 0 Å². The summed E-state index contributed by atoms with van der Waals surface area (Å²) < 4.78 is 5.17. The van der Waals surface area contributed by atoms with Crippen LogP contribution in [0.3, 0.4) is 0 Å². The predicted octanol–water partition coefficient (Wildman–Crippen LogP) is 2.91. The topological polar surface area (TPSA) is 51.2 Å². The van der Waals surface area contributed by atoms with Gasteiger partial charge in [-0.25, -0.2) is 0 Å². The molecule has 1 aromatic heterocycles. The van der Waals surface area contributed by atoms with Crippen molar-refractivity contribution in [2.75, 3.05) is 11.1 Å². The quantitative estimate of drug-likeness (QED) is 0.712. The second-order valence-corrected chi connectivity index (χ2v) is 3.14. The molecule has 0 unspecified atom stereocenters. The van der Waals surface area contributed by atoms with Gasteiger partial charge in [0.1, 0.15) is 5.76 Å². The second kappa shape index (κ2) is 3.46. The molecule has 3 nitrogen and oxygen atoms in total. The third kappa shape index (κ3) is 1.71. The van der Waals surface area contributed by atoms with Crippen molar-refractivity contribution >= 4 is 17.1 Å². The minimum absolute atomic E-state index is 0.763. The van der Waals surface area contributed by atoms with Crippen molar-refractivity contribution in [2.24, 2.45) is 0 Å². The van der Waals surface area contributed by atoms with Crippen molar-refractivity contribution in [3.05, 3.63) is 42.4 Å². The maximum atomic E-state index is 5.58. The maximum absolute atomic E-state index is 5.58. The van der Waals surface area contributed by atoms with Gasteiger partial charge in [-0.15, -0.1) is 0 Å². The van der Waals surface area contributed by atoms with Crippen LogP contribution in [-0.2, 0) is 0 Å². The van der Waals surface area contributed by atoms with E-state index < -0.39 is 0 Å². The minimum Gasteiger partial charge on any atom is -0.467 e. The molecular weight excluding hydrogens is 176 g/mol. The lowest BCUT2D eigenvalue weighted by molar-refractivity contribution is 0.535. The smallest absolute Gasteiger partial charge is 0.124 e. The van der Waals surface area contributed by atoms with Crippen molar-refractivity contribution in [1.82, 2.24) is 0 Å². The number of aryl methyl sites for hydroxylation is 1. The highest BCUT2D eigenvalue weighted by Gasteiger charge is 2.00. The lowest BCUT2D eigenvalue weighted by Crippen LogP contribution is -1.90. The fourth-order valence-electron chi connectivity index (χ4n) is 1.24. The number of rotatable bonds is 2. The van der Waals surface area contributed by atoms with Gasteiger partial charge in [0.25, 0.3) is 0 Å². The van der Waals surface area contributed by atoms with E-state index in [9.17, 15) is 0 Å². The lowest BCUT2D eigenvalue weighted by Gasteiger charge is -2.04. The molecule has 0 spiro atoms. The first-order valence-corrected chi connectivity index (χ1v) is 4.42. The van der Waals surface area contributed by atoms with E-state index in [1.165, 1.54) is 0 Å². The third-order valence-electron chi connectivity index (χ3n) is 2.05. The van der Waals surface area contributed by atoms with E-state index in [2.05, 4.69) is 5.32 Å². The molecule has 0 atom stereocenters. The van der Waals surface area contributed by atoms with E-state index in [0.29, 0.717) is 0 Å². The van der Waals surface area contributed by atoms with E-state index in [1.807, 2.05) is 37.3 Å². The molecule has 0 saturated carbocycles. The fraction of sp³-hybridized carbons (Fsp3) is 0.0909. The molecule has 1 aromatic carbocycles. The molecule has 0 radical (unpaired) electrons. The molecule has 0 aliphatic carbocycles. The first kappa shape index (κ1) is 8.69. The van der Waals surface area contributed by atoms with Crippen LogP contribution in [0.1, 0.15) is 5.76 Å². The van der Waals surface area contributed by atoms with Crippen molar-refractivity contribution in [3.8, 4) is 0 Å². The molecule has 0 amide bonds. The molecule has 72 valence electrons. The van der Waals surface area contributed by atoms with Crippen LogP contribution in [0.4, 0.5) is 17.1 Å². The molecule has 0 saturated heterocycles. The van der Waals surface area contributed by atoms with Crippen LogP contribution in [0.15, 0.2) is 41.0 Å². The van der Waals surface area contributed by atoms with Gasteiger partial charge in [-0.2, -0.15) is 0 Å². The number of anilines is 3. The van der Waals surface area contributed by atoms with Crippen LogP contribution in [0.2, 0.25) is 0 Å². The zero-order valence-electron chi connectivity index (χ0n) is 7.95. The predicted molar refractivity (Wildman–Crippen MR) is 57.6 cm³/mol. The summed E-state index contributed by atoms with van der Waals surface area (Å²) in [6.07, 6.45) is 1.66. The van der Waals surface area contributed by atoms with Crippen LogP contribution in [-0.4, -0.2) is 0 Å².